The molecule has 1 heterocycles. The maximum Gasteiger partial charge on any atom is 0.136 e. The maximum absolute atomic E-state index is 12.9. The van der Waals surface area contributed by atoms with Gasteiger partial charge >= 0.3 is 0 Å². The number of fused-ring (bicyclic) bond motifs is 2. The van der Waals surface area contributed by atoms with Crippen molar-refractivity contribution in [2.75, 3.05) is 48.1 Å². The lowest BCUT2D eigenvalue weighted by molar-refractivity contribution is -0.318. The lowest BCUT2D eigenvalue weighted by Gasteiger charge is -2.70. The summed E-state index contributed by atoms with van der Waals surface area (Å²) in [6.07, 6.45) is 1.21. The zero-order valence-corrected chi connectivity index (χ0v) is 20.6. The van der Waals surface area contributed by atoms with Gasteiger partial charge in [-0.2, -0.15) is 0 Å². The van der Waals surface area contributed by atoms with Gasteiger partial charge in [-0.05, 0) is 31.7 Å². The third-order valence-electron chi connectivity index (χ3n) is 11.5. The minimum Gasteiger partial charge on any atom is -0.392 e. The van der Waals surface area contributed by atoms with Gasteiger partial charge in [0.05, 0.1) is 37.1 Å². The number of rotatable bonds is 6. The van der Waals surface area contributed by atoms with Gasteiger partial charge in [-0.25, -0.2) is 0 Å². The SMILES string of the molecule is CCN1C[C@@]2(COC)CC[C@H](OC)[C@@]34[C@@H]1[C@@](O)([C@@H](OC)[C@@H]23)[C@]1(O)C[C@@H](OC)[C@@H]2C[C@H]4[C@H]1[C@H]2O. The largest absolute Gasteiger partial charge is 0.392 e. The molecule has 0 amide bonds. The molecule has 1 saturated heterocycles. The summed E-state index contributed by atoms with van der Waals surface area (Å²) in [6.45, 7) is 4.28. The molecule has 7 bridgehead atoms. The second-order valence-corrected chi connectivity index (χ2v) is 11.9. The van der Waals surface area contributed by atoms with Crippen LogP contribution in [0.25, 0.3) is 0 Å². The van der Waals surface area contributed by atoms with E-state index in [9.17, 15) is 15.3 Å². The molecule has 5 aliphatic carbocycles. The molecule has 0 aromatic carbocycles. The highest BCUT2D eigenvalue weighted by molar-refractivity contribution is 5.41. The van der Waals surface area contributed by atoms with Crippen LogP contribution < -0.4 is 0 Å². The van der Waals surface area contributed by atoms with Crippen LogP contribution in [0, 0.1) is 34.5 Å². The molecule has 188 valence electrons. The second-order valence-electron chi connectivity index (χ2n) is 11.9. The number of likely N-dealkylation sites (tertiary alicyclic amines) is 1. The highest BCUT2D eigenvalue weighted by Gasteiger charge is 2.91. The van der Waals surface area contributed by atoms with Crippen LogP contribution in [0.3, 0.4) is 0 Å². The summed E-state index contributed by atoms with van der Waals surface area (Å²) < 4.78 is 24.2. The molecule has 0 radical (unpaired) electrons. The summed E-state index contributed by atoms with van der Waals surface area (Å²) in [5.74, 6) is -0.492. The molecule has 6 fully saturated rings. The van der Waals surface area contributed by atoms with Crippen molar-refractivity contribution in [3.8, 4) is 0 Å². The van der Waals surface area contributed by atoms with E-state index >= 15 is 0 Å². The number of likely N-dealkylation sites (N-methyl/N-ethyl adjacent to an activating group) is 1. The molecular formula is C25H41NO7. The van der Waals surface area contributed by atoms with Gasteiger partial charge in [-0.3, -0.25) is 4.90 Å². The summed E-state index contributed by atoms with van der Waals surface area (Å²) >= 11 is 0. The van der Waals surface area contributed by atoms with Crippen LogP contribution in [0.1, 0.15) is 32.6 Å². The lowest BCUT2D eigenvalue weighted by Crippen LogP contribution is -2.82. The smallest absolute Gasteiger partial charge is 0.136 e. The molecule has 3 N–H and O–H groups in total. The van der Waals surface area contributed by atoms with Crippen LogP contribution >= 0.6 is 0 Å². The fourth-order valence-corrected chi connectivity index (χ4v) is 11.0. The number of aliphatic hydroxyl groups is 3. The third-order valence-corrected chi connectivity index (χ3v) is 11.5. The quantitative estimate of drug-likeness (QED) is 0.512. The standard InChI is InChI=1S/C25H41NO7/c1-6-26-11-22(12-30-2)8-7-16(32-4)24-14-9-13-15(31-3)10-23(28,17(14)18(13)27)25(29,21(24)26)20(33-5)19(22)24/h13-21,27-29H,6-12H2,1-5H3/t13-,14-,15+,16-,17-,18-,19-,20-,21+,22+,23-,24+,25-/m0/s1. The number of methoxy groups -OCH3 is 4. The van der Waals surface area contributed by atoms with Gasteiger partial charge in [-0.1, -0.05) is 6.92 Å². The van der Waals surface area contributed by atoms with Crippen molar-refractivity contribution in [2.45, 2.75) is 74.3 Å². The van der Waals surface area contributed by atoms with Crippen molar-refractivity contribution < 1.29 is 34.3 Å². The number of piperidine rings is 1. The number of hydrogen-bond donors (Lipinski definition) is 3. The zero-order chi connectivity index (χ0) is 23.6. The van der Waals surface area contributed by atoms with E-state index in [0.717, 1.165) is 32.4 Å². The van der Waals surface area contributed by atoms with Gasteiger partial charge < -0.3 is 34.3 Å². The van der Waals surface area contributed by atoms with Crippen LogP contribution in [0.4, 0.5) is 0 Å². The van der Waals surface area contributed by atoms with Gasteiger partial charge in [0.15, 0.2) is 0 Å². The first kappa shape index (κ1) is 23.1. The summed E-state index contributed by atoms with van der Waals surface area (Å²) in [6, 6.07) is -0.312. The number of hydrogen-bond acceptors (Lipinski definition) is 8. The predicted octanol–water partition coefficient (Wildman–Crippen LogP) is 0.271. The Morgan fingerprint density at radius 2 is 1.82 bits per heavy atom. The fraction of sp³-hybridized carbons (Fsp3) is 1.00. The van der Waals surface area contributed by atoms with Crippen LogP contribution in [0.5, 0.6) is 0 Å². The molecule has 13 atom stereocenters. The normalized spacial score (nSPS) is 60.9. The molecule has 0 aromatic rings. The Balaban J connectivity index is 1.68. The molecule has 33 heavy (non-hydrogen) atoms. The Hall–Kier alpha value is -0.320. The van der Waals surface area contributed by atoms with Crippen LogP contribution in [-0.2, 0) is 18.9 Å². The van der Waals surface area contributed by atoms with Gasteiger partial charge in [0.25, 0.3) is 0 Å². The molecular weight excluding hydrogens is 426 g/mol. The first-order valence-electron chi connectivity index (χ1n) is 12.7. The van der Waals surface area contributed by atoms with Crippen molar-refractivity contribution in [2.24, 2.45) is 34.5 Å². The van der Waals surface area contributed by atoms with E-state index in [2.05, 4.69) is 11.8 Å². The van der Waals surface area contributed by atoms with E-state index in [4.69, 9.17) is 18.9 Å². The van der Waals surface area contributed by atoms with Crippen molar-refractivity contribution in [1.29, 1.82) is 0 Å². The fourth-order valence-electron chi connectivity index (χ4n) is 11.0. The van der Waals surface area contributed by atoms with Gasteiger partial charge in [0, 0.05) is 70.0 Å². The molecule has 6 rings (SSSR count). The second kappa shape index (κ2) is 7.13. The minimum atomic E-state index is -1.55. The van der Waals surface area contributed by atoms with E-state index in [-0.39, 0.29) is 41.4 Å². The number of ether oxygens (including phenoxy) is 4. The minimum absolute atomic E-state index is 0.00825. The molecule has 5 saturated carbocycles. The van der Waals surface area contributed by atoms with E-state index in [0.29, 0.717) is 13.0 Å². The summed E-state index contributed by atoms with van der Waals surface area (Å²) in [4.78, 5) is 2.38. The van der Waals surface area contributed by atoms with E-state index < -0.39 is 34.7 Å². The third kappa shape index (κ3) is 2.20. The average Bonchev–Trinajstić information content (AvgIpc) is 3.16. The molecule has 0 aromatic heterocycles. The first-order chi connectivity index (χ1) is 15.8. The highest BCUT2D eigenvalue weighted by atomic mass is 16.5. The van der Waals surface area contributed by atoms with Crippen LogP contribution in [0.2, 0.25) is 0 Å². The van der Waals surface area contributed by atoms with Gasteiger partial charge in [0.1, 0.15) is 11.2 Å². The maximum atomic E-state index is 12.9. The monoisotopic (exact) mass is 467 g/mol. The van der Waals surface area contributed by atoms with E-state index in [1.165, 1.54) is 0 Å². The Kier molecular flexibility index (Phi) is 4.99. The van der Waals surface area contributed by atoms with Crippen molar-refractivity contribution in [3.05, 3.63) is 0 Å². The van der Waals surface area contributed by atoms with Crippen molar-refractivity contribution in [1.82, 2.24) is 4.90 Å². The van der Waals surface area contributed by atoms with Crippen LogP contribution in [-0.4, -0.2) is 110 Å². The Morgan fingerprint density at radius 1 is 1.06 bits per heavy atom. The molecule has 0 unspecified atom stereocenters. The average molecular weight is 468 g/mol. The Morgan fingerprint density at radius 3 is 2.42 bits per heavy atom. The first-order valence-corrected chi connectivity index (χ1v) is 12.7. The van der Waals surface area contributed by atoms with E-state index in [1.807, 2.05) is 0 Å². The molecule has 8 nitrogen and oxygen atoms in total. The molecule has 1 aliphatic heterocycles. The predicted molar refractivity (Wildman–Crippen MR) is 119 cm³/mol. The molecule has 8 heteroatoms. The summed E-state index contributed by atoms with van der Waals surface area (Å²) in [7, 11) is 6.85. The van der Waals surface area contributed by atoms with E-state index in [1.54, 1.807) is 28.4 Å². The molecule has 6 aliphatic rings. The van der Waals surface area contributed by atoms with Gasteiger partial charge in [0.2, 0.25) is 0 Å². The topological polar surface area (TPSA) is 101 Å². The number of nitrogens with zero attached hydrogens (tertiary/aromatic N) is 1. The Labute approximate surface area is 196 Å². The molecule has 1 spiro atoms. The van der Waals surface area contributed by atoms with Crippen LogP contribution in [0.15, 0.2) is 0 Å². The summed E-state index contributed by atoms with van der Waals surface area (Å²) in [5, 5.41) is 37.1. The lowest BCUT2D eigenvalue weighted by atomic mass is 9.42. The Bertz CT molecular complexity index is 814. The van der Waals surface area contributed by atoms with Crippen molar-refractivity contribution >= 4 is 0 Å². The summed E-state index contributed by atoms with van der Waals surface area (Å²) in [5.41, 5.74) is -3.70. The zero-order valence-electron chi connectivity index (χ0n) is 20.6. The van der Waals surface area contributed by atoms with Crippen molar-refractivity contribution in [3.63, 3.8) is 0 Å². The van der Waals surface area contributed by atoms with Gasteiger partial charge in [-0.15, -0.1) is 0 Å². The number of aliphatic hydroxyl groups excluding tert-OH is 1. The highest BCUT2D eigenvalue weighted by Crippen LogP contribution is 2.80.